The van der Waals surface area contributed by atoms with Crippen molar-refractivity contribution in [3.8, 4) is 0 Å². The monoisotopic (exact) mass is 222 g/mol. The maximum atomic E-state index is 11.5. The zero-order chi connectivity index (χ0) is 11.3. The summed E-state index contributed by atoms with van der Waals surface area (Å²) in [5.41, 5.74) is 0.168. The molecule has 2 nitrogen and oxygen atoms in total. The molecule has 3 fully saturated rings. The third-order valence-electron chi connectivity index (χ3n) is 5.72. The van der Waals surface area contributed by atoms with Crippen LogP contribution >= 0.6 is 0 Å². The summed E-state index contributed by atoms with van der Waals surface area (Å²) in [5.74, 6) is 2.51. The molecule has 1 N–H and O–H groups in total. The lowest BCUT2D eigenvalue weighted by Gasteiger charge is -2.48. The van der Waals surface area contributed by atoms with E-state index in [0.717, 1.165) is 32.1 Å². The minimum absolute atomic E-state index is 0.0870. The zero-order valence-corrected chi connectivity index (χ0v) is 10.1. The van der Waals surface area contributed by atoms with E-state index in [4.69, 9.17) is 0 Å². The maximum absolute atomic E-state index is 11.5. The standard InChI is InChI=1S/C14H22O2/c1-14-8-9-2-4-12(15)7-10(9)6-11(14)3-5-13(14)16/h9-11,13,16H,2-8H2,1H3/t9-,10-,11+,13+,14+/m1/s1. The molecule has 3 saturated carbocycles. The first-order chi connectivity index (χ1) is 7.59. The normalized spacial score (nSPS) is 52.2. The summed E-state index contributed by atoms with van der Waals surface area (Å²) < 4.78 is 0. The molecule has 3 aliphatic carbocycles. The van der Waals surface area contributed by atoms with Crippen molar-refractivity contribution in [3.05, 3.63) is 0 Å². The molecule has 90 valence electrons. The molecule has 0 heterocycles. The Hall–Kier alpha value is -0.370. The van der Waals surface area contributed by atoms with Gasteiger partial charge < -0.3 is 5.11 Å². The van der Waals surface area contributed by atoms with Crippen molar-refractivity contribution in [2.45, 2.75) is 58.0 Å². The molecule has 0 aromatic carbocycles. The van der Waals surface area contributed by atoms with E-state index in [0.29, 0.717) is 23.5 Å². The van der Waals surface area contributed by atoms with Crippen LogP contribution < -0.4 is 0 Å². The summed E-state index contributed by atoms with van der Waals surface area (Å²) in [7, 11) is 0. The molecule has 0 spiro atoms. The second-order valence-electron chi connectivity index (χ2n) is 6.54. The van der Waals surface area contributed by atoms with Crippen LogP contribution in [0.5, 0.6) is 0 Å². The van der Waals surface area contributed by atoms with E-state index in [-0.39, 0.29) is 11.5 Å². The Balaban J connectivity index is 1.80. The topological polar surface area (TPSA) is 37.3 Å². The van der Waals surface area contributed by atoms with Gasteiger partial charge in [-0.25, -0.2) is 0 Å². The number of carbonyl (C=O) groups excluding carboxylic acids is 1. The summed E-state index contributed by atoms with van der Waals surface area (Å²) in [5, 5.41) is 10.2. The molecule has 16 heavy (non-hydrogen) atoms. The van der Waals surface area contributed by atoms with Gasteiger partial charge in [0.05, 0.1) is 6.10 Å². The van der Waals surface area contributed by atoms with Gasteiger partial charge in [0, 0.05) is 12.8 Å². The van der Waals surface area contributed by atoms with Crippen molar-refractivity contribution in [2.75, 3.05) is 0 Å². The Morgan fingerprint density at radius 3 is 2.88 bits per heavy atom. The highest BCUT2D eigenvalue weighted by molar-refractivity contribution is 5.79. The number of fused-ring (bicyclic) bond motifs is 2. The molecule has 0 unspecified atom stereocenters. The van der Waals surface area contributed by atoms with E-state index in [1.54, 1.807) is 0 Å². The average molecular weight is 222 g/mol. The first-order valence-electron chi connectivity index (χ1n) is 6.79. The molecule has 3 rings (SSSR count). The van der Waals surface area contributed by atoms with Gasteiger partial charge in [-0.3, -0.25) is 4.79 Å². The number of hydrogen-bond acceptors (Lipinski definition) is 2. The summed E-state index contributed by atoms with van der Waals surface area (Å²) in [6.07, 6.45) is 7.13. The number of carbonyl (C=O) groups is 1. The average Bonchev–Trinajstić information content (AvgIpc) is 2.53. The van der Waals surface area contributed by atoms with E-state index in [2.05, 4.69) is 6.92 Å². The van der Waals surface area contributed by atoms with Crippen LogP contribution in [0.4, 0.5) is 0 Å². The van der Waals surface area contributed by atoms with Crippen LogP contribution in [-0.4, -0.2) is 17.0 Å². The van der Waals surface area contributed by atoms with Gasteiger partial charge in [0.25, 0.3) is 0 Å². The van der Waals surface area contributed by atoms with E-state index in [9.17, 15) is 9.90 Å². The van der Waals surface area contributed by atoms with E-state index in [1.807, 2.05) is 0 Å². The maximum Gasteiger partial charge on any atom is 0.133 e. The van der Waals surface area contributed by atoms with Gasteiger partial charge in [-0.2, -0.15) is 0 Å². The van der Waals surface area contributed by atoms with Crippen LogP contribution in [0.25, 0.3) is 0 Å². The van der Waals surface area contributed by atoms with Gasteiger partial charge in [-0.15, -0.1) is 0 Å². The van der Waals surface area contributed by atoms with Crippen LogP contribution in [0, 0.1) is 23.2 Å². The minimum atomic E-state index is -0.0870. The fourth-order valence-corrected chi connectivity index (χ4v) is 4.60. The van der Waals surface area contributed by atoms with Crippen molar-refractivity contribution < 1.29 is 9.90 Å². The summed E-state index contributed by atoms with van der Waals surface area (Å²) in [6, 6.07) is 0. The molecule has 0 aromatic heterocycles. The molecule has 0 saturated heterocycles. The largest absolute Gasteiger partial charge is 0.393 e. The molecule has 3 aliphatic rings. The highest BCUT2D eigenvalue weighted by Crippen LogP contribution is 2.57. The Labute approximate surface area is 97.4 Å². The second-order valence-corrected chi connectivity index (χ2v) is 6.54. The quantitative estimate of drug-likeness (QED) is 0.684. The fourth-order valence-electron chi connectivity index (χ4n) is 4.60. The lowest BCUT2D eigenvalue weighted by atomic mass is 9.57. The van der Waals surface area contributed by atoms with E-state index < -0.39 is 0 Å². The van der Waals surface area contributed by atoms with Gasteiger partial charge in [0.1, 0.15) is 5.78 Å². The first kappa shape index (κ1) is 10.8. The van der Waals surface area contributed by atoms with Crippen LogP contribution in [0.3, 0.4) is 0 Å². The van der Waals surface area contributed by atoms with Crippen LogP contribution in [0.2, 0.25) is 0 Å². The van der Waals surface area contributed by atoms with Crippen molar-refractivity contribution in [1.29, 1.82) is 0 Å². The highest BCUT2D eigenvalue weighted by atomic mass is 16.3. The predicted octanol–water partition coefficient (Wildman–Crippen LogP) is 2.54. The van der Waals surface area contributed by atoms with Crippen molar-refractivity contribution in [3.63, 3.8) is 0 Å². The highest BCUT2D eigenvalue weighted by Gasteiger charge is 2.52. The van der Waals surface area contributed by atoms with Crippen molar-refractivity contribution in [1.82, 2.24) is 0 Å². The molecule has 2 heteroatoms. The lowest BCUT2D eigenvalue weighted by molar-refractivity contribution is -0.125. The van der Waals surface area contributed by atoms with Gasteiger partial charge >= 0.3 is 0 Å². The Morgan fingerprint density at radius 2 is 2.06 bits per heavy atom. The third kappa shape index (κ3) is 1.46. The molecule has 0 radical (unpaired) electrons. The molecule has 0 aromatic rings. The minimum Gasteiger partial charge on any atom is -0.393 e. The van der Waals surface area contributed by atoms with Gasteiger partial charge in [0.2, 0.25) is 0 Å². The van der Waals surface area contributed by atoms with Gasteiger partial charge in [-0.1, -0.05) is 6.92 Å². The molecule has 0 bridgehead atoms. The predicted molar refractivity (Wildman–Crippen MR) is 61.9 cm³/mol. The second kappa shape index (κ2) is 3.56. The van der Waals surface area contributed by atoms with Gasteiger partial charge in [-0.05, 0) is 55.3 Å². The fraction of sp³-hybridized carbons (Fsp3) is 0.929. The third-order valence-corrected chi connectivity index (χ3v) is 5.72. The molecule has 0 amide bonds. The molecule has 0 aliphatic heterocycles. The SMILES string of the molecule is C[C@]12C[C@H]3CCC(=O)C[C@H]3C[C@@H]1CC[C@@H]2O. The first-order valence-corrected chi connectivity index (χ1v) is 6.79. The number of ketones is 1. The lowest BCUT2D eigenvalue weighted by Crippen LogP contribution is -2.43. The Morgan fingerprint density at radius 1 is 1.25 bits per heavy atom. The number of hydrogen-bond donors (Lipinski definition) is 1. The van der Waals surface area contributed by atoms with Crippen LogP contribution in [0.1, 0.15) is 51.9 Å². The summed E-state index contributed by atoms with van der Waals surface area (Å²) in [4.78, 5) is 11.5. The number of Topliss-reactive ketones (excluding diaryl/α,β-unsaturated/α-hetero) is 1. The molecule has 5 atom stereocenters. The zero-order valence-electron chi connectivity index (χ0n) is 10.1. The van der Waals surface area contributed by atoms with Crippen molar-refractivity contribution >= 4 is 5.78 Å². The summed E-state index contributed by atoms with van der Waals surface area (Å²) >= 11 is 0. The van der Waals surface area contributed by atoms with Crippen LogP contribution in [-0.2, 0) is 4.79 Å². The van der Waals surface area contributed by atoms with E-state index in [1.165, 1.54) is 12.8 Å². The number of aliphatic hydroxyl groups excluding tert-OH is 1. The van der Waals surface area contributed by atoms with E-state index >= 15 is 0 Å². The molecular weight excluding hydrogens is 200 g/mol. The Kier molecular flexibility index (Phi) is 2.39. The van der Waals surface area contributed by atoms with Gasteiger partial charge in [0.15, 0.2) is 0 Å². The smallest absolute Gasteiger partial charge is 0.133 e. The Bertz CT molecular complexity index is 312. The number of rotatable bonds is 0. The van der Waals surface area contributed by atoms with Crippen LogP contribution in [0.15, 0.2) is 0 Å². The number of aliphatic hydroxyl groups is 1. The summed E-state index contributed by atoms with van der Waals surface area (Å²) in [6.45, 7) is 2.28. The molecular formula is C14H22O2. The van der Waals surface area contributed by atoms with Crippen molar-refractivity contribution in [2.24, 2.45) is 23.2 Å².